The van der Waals surface area contributed by atoms with Crippen LogP contribution in [0.3, 0.4) is 0 Å². The van der Waals surface area contributed by atoms with Gasteiger partial charge in [0.2, 0.25) is 11.8 Å². The van der Waals surface area contributed by atoms with E-state index in [9.17, 15) is 14.0 Å². The summed E-state index contributed by atoms with van der Waals surface area (Å²) in [7, 11) is 0. The molecule has 0 unspecified atom stereocenters. The van der Waals surface area contributed by atoms with E-state index in [-0.39, 0.29) is 30.0 Å². The monoisotopic (exact) mass is 381 g/mol. The van der Waals surface area contributed by atoms with Crippen molar-refractivity contribution in [2.45, 2.75) is 13.3 Å². The van der Waals surface area contributed by atoms with Gasteiger partial charge in [-0.25, -0.2) is 4.39 Å². The summed E-state index contributed by atoms with van der Waals surface area (Å²) >= 11 is 0. The molecule has 6 heteroatoms. The number of rotatable bonds is 3. The summed E-state index contributed by atoms with van der Waals surface area (Å²) in [6.07, 6.45) is 0.250. The Bertz CT molecular complexity index is 893. The molecule has 2 aromatic carbocycles. The fourth-order valence-electron chi connectivity index (χ4n) is 4.05. The van der Waals surface area contributed by atoms with Gasteiger partial charge in [-0.3, -0.25) is 9.59 Å². The number of benzene rings is 2. The second-order valence-electron chi connectivity index (χ2n) is 7.51. The van der Waals surface area contributed by atoms with Crippen molar-refractivity contribution >= 4 is 23.2 Å². The lowest BCUT2D eigenvalue weighted by Crippen LogP contribution is -2.51. The Hall–Kier alpha value is -2.89. The molecular formula is C22H24FN3O2. The maximum Gasteiger partial charge on any atom is 0.228 e. The number of halogens is 1. The van der Waals surface area contributed by atoms with E-state index in [0.29, 0.717) is 38.4 Å². The van der Waals surface area contributed by atoms with Crippen LogP contribution in [0.15, 0.2) is 48.5 Å². The molecule has 2 saturated heterocycles. The van der Waals surface area contributed by atoms with Crippen molar-refractivity contribution in [2.75, 3.05) is 42.5 Å². The maximum atomic E-state index is 14.0. The van der Waals surface area contributed by atoms with Crippen LogP contribution in [-0.2, 0) is 9.59 Å². The second-order valence-corrected chi connectivity index (χ2v) is 7.51. The van der Waals surface area contributed by atoms with Gasteiger partial charge in [0.05, 0.1) is 11.6 Å². The van der Waals surface area contributed by atoms with E-state index in [1.54, 1.807) is 17.0 Å². The molecule has 2 aliphatic heterocycles. The van der Waals surface area contributed by atoms with Crippen LogP contribution in [0, 0.1) is 18.7 Å². The molecule has 2 amide bonds. The molecule has 5 nitrogen and oxygen atoms in total. The van der Waals surface area contributed by atoms with Gasteiger partial charge in [0.1, 0.15) is 5.82 Å². The highest BCUT2D eigenvalue weighted by molar-refractivity contribution is 6.00. The average Bonchev–Trinajstić information content (AvgIpc) is 3.10. The van der Waals surface area contributed by atoms with E-state index in [1.807, 2.05) is 47.1 Å². The highest BCUT2D eigenvalue weighted by Gasteiger charge is 2.38. The molecule has 0 aliphatic carbocycles. The Morgan fingerprint density at radius 2 is 1.79 bits per heavy atom. The van der Waals surface area contributed by atoms with Gasteiger partial charge in [-0.05, 0) is 36.8 Å². The van der Waals surface area contributed by atoms with Gasteiger partial charge in [-0.2, -0.15) is 0 Å². The number of nitrogens with zero attached hydrogens (tertiary/aromatic N) is 3. The van der Waals surface area contributed by atoms with Gasteiger partial charge in [0.25, 0.3) is 0 Å². The number of hydrogen-bond acceptors (Lipinski definition) is 3. The predicted octanol–water partition coefficient (Wildman–Crippen LogP) is 2.84. The first-order valence-electron chi connectivity index (χ1n) is 9.68. The van der Waals surface area contributed by atoms with Gasteiger partial charge >= 0.3 is 0 Å². The summed E-state index contributed by atoms with van der Waals surface area (Å²) in [6, 6.07) is 14.5. The first-order valence-corrected chi connectivity index (χ1v) is 9.68. The van der Waals surface area contributed by atoms with Crippen molar-refractivity contribution in [3.8, 4) is 0 Å². The zero-order valence-electron chi connectivity index (χ0n) is 16.0. The molecule has 0 saturated carbocycles. The SMILES string of the molecule is Cc1cccc(N2C[C@@H](C(=O)N3CCN(c4ccccc4F)CC3)CC2=O)c1. The van der Waals surface area contributed by atoms with Crippen molar-refractivity contribution in [3.63, 3.8) is 0 Å². The lowest BCUT2D eigenvalue weighted by atomic mass is 10.1. The standard InChI is InChI=1S/C22H24FN3O2/c1-16-5-4-6-18(13-16)26-15-17(14-21(26)27)22(28)25-11-9-24(10-12-25)20-8-3-2-7-19(20)23/h2-8,13,17H,9-12,14-15H2,1H3/t17-/m0/s1. The summed E-state index contributed by atoms with van der Waals surface area (Å²) in [5.74, 6) is -0.531. The lowest BCUT2D eigenvalue weighted by Gasteiger charge is -2.37. The summed E-state index contributed by atoms with van der Waals surface area (Å²) in [5, 5.41) is 0. The van der Waals surface area contributed by atoms with E-state index in [1.165, 1.54) is 6.07 Å². The van der Waals surface area contributed by atoms with Crippen LogP contribution in [-0.4, -0.2) is 49.4 Å². The Morgan fingerprint density at radius 1 is 1.04 bits per heavy atom. The van der Waals surface area contributed by atoms with Crippen LogP contribution in [0.5, 0.6) is 0 Å². The molecule has 0 spiro atoms. The fourth-order valence-corrected chi connectivity index (χ4v) is 4.05. The van der Waals surface area contributed by atoms with Gasteiger partial charge in [0, 0.05) is 44.8 Å². The summed E-state index contributed by atoms with van der Waals surface area (Å²) in [6.45, 7) is 4.69. The minimum absolute atomic E-state index is 0.00561. The maximum absolute atomic E-state index is 14.0. The summed E-state index contributed by atoms with van der Waals surface area (Å²) in [4.78, 5) is 30.9. The van der Waals surface area contributed by atoms with Crippen molar-refractivity contribution < 1.29 is 14.0 Å². The number of hydrogen-bond donors (Lipinski definition) is 0. The molecule has 4 rings (SSSR count). The van der Waals surface area contributed by atoms with Crippen LogP contribution < -0.4 is 9.80 Å². The van der Waals surface area contributed by atoms with Crippen molar-refractivity contribution in [1.82, 2.24) is 4.90 Å². The van der Waals surface area contributed by atoms with E-state index in [0.717, 1.165) is 11.3 Å². The third-order valence-electron chi connectivity index (χ3n) is 5.57. The zero-order chi connectivity index (χ0) is 19.7. The Kier molecular flexibility index (Phi) is 5.03. The van der Waals surface area contributed by atoms with Crippen LogP contribution in [0.2, 0.25) is 0 Å². The topological polar surface area (TPSA) is 43.9 Å². The lowest BCUT2D eigenvalue weighted by molar-refractivity contribution is -0.136. The molecule has 2 fully saturated rings. The second kappa shape index (κ2) is 7.62. The van der Waals surface area contributed by atoms with E-state index >= 15 is 0 Å². The van der Waals surface area contributed by atoms with Gasteiger partial charge < -0.3 is 14.7 Å². The highest BCUT2D eigenvalue weighted by atomic mass is 19.1. The van der Waals surface area contributed by atoms with E-state index < -0.39 is 0 Å². The number of aryl methyl sites for hydroxylation is 1. The largest absolute Gasteiger partial charge is 0.366 e. The average molecular weight is 381 g/mol. The normalized spacial score (nSPS) is 20.0. The number of anilines is 2. The molecule has 1 atom stereocenters. The fraction of sp³-hybridized carbons (Fsp3) is 0.364. The van der Waals surface area contributed by atoms with Crippen molar-refractivity contribution in [1.29, 1.82) is 0 Å². The Labute approximate surface area is 164 Å². The van der Waals surface area contributed by atoms with Crippen LogP contribution in [0.1, 0.15) is 12.0 Å². The smallest absolute Gasteiger partial charge is 0.228 e. The van der Waals surface area contributed by atoms with Gasteiger partial charge in [-0.15, -0.1) is 0 Å². The van der Waals surface area contributed by atoms with Crippen LogP contribution in [0.4, 0.5) is 15.8 Å². The molecule has 0 aromatic heterocycles. The first kappa shape index (κ1) is 18.5. The quantitative estimate of drug-likeness (QED) is 0.821. The Morgan fingerprint density at radius 3 is 2.50 bits per heavy atom. The number of carbonyl (C=O) groups excluding carboxylic acids is 2. The predicted molar refractivity (Wildman–Crippen MR) is 107 cm³/mol. The minimum Gasteiger partial charge on any atom is -0.366 e. The molecule has 2 heterocycles. The molecule has 28 heavy (non-hydrogen) atoms. The molecule has 0 radical (unpaired) electrons. The number of piperazine rings is 1. The van der Waals surface area contributed by atoms with Gasteiger partial charge in [-0.1, -0.05) is 24.3 Å². The van der Waals surface area contributed by atoms with Crippen molar-refractivity contribution in [2.24, 2.45) is 5.92 Å². The summed E-state index contributed by atoms with van der Waals surface area (Å²) in [5.41, 5.74) is 2.52. The third-order valence-corrected chi connectivity index (χ3v) is 5.57. The summed E-state index contributed by atoms with van der Waals surface area (Å²) < 4.78 is 14.0. The third kappa shape index (κ3) is 3.59. The van der Waals surface area contributed by atoms with E-state index in [4.69, 9.17) is 0 Å². The zero-order valence-corrected chi connectivity index (χ0v) is 16.0. The number of amides is 2. The molecule has 2 aromatic rings. The molecule has 146 valence electrons. The van der Waals surface area contributed by atoms with E-state index in [2.05, 4.69) is 0 Å². The van der Waals surface area contributed by atoms with Crippen molar-refractivity contribution in [3.05, 3.63) is 59.9 Å². The molecule has 0 bridgehead atoms. The Balaban J connectivity index is 1.38. The van der Waals surface area contributed by atoms with Gasteiger partial charge in [0.15, 0.2) is 0 Å². The first-order chi connectivity index (χ1) is 13.5. The minimum atomic E-state index is -0.312. The van der Waals surface area contributed by atoms with Crippen LogP contribution >= 0.6 is 0 Å². The molecular weight excluding hydrogens is 357 g/mol. The number of carbonyl (C=O) groups is 2. The molecule has 0 N–H and O–H groups in total. The molecule has 2 aliphatic rings. The highest BCUT2D eigenvalue weighted by Crippen LogP contribution is 2.28. The van der Waals surface area contributed by atoms with Crippen LogP contribution in [0.25, 0.3) is 0 Å². The number of para-hydroxylation sites is 1.